The highest BCUT2D eigenvalue weighted by Gasteiger charge is 2.24. The third-order valence-corrected chi connectivity index (χ3v) is 4.87. The number of nitrogens with zero attached hydrogens (tertiary/aromatic N) is 1. The first-order chi connectivity index (χ1) is 11.0. The molecule has 0 aliphatic heterocycles. The third-order valence-electron chi connectivity index (χ3n) is 4.32. The molecule has 0 saturated carbocycles. The topological polar surface area (TPSA) is 33.0 Å². The van der Waals surface area contributed by atoms with Crippen LogP contribution in [0.3, 0.4) is 0 Å². The minimum atomic E-state index is -0.311. The second-order valence-electron chi connectivity index (χ2n) is 5.94. The second kappa shape index (κ2) is 6.90. The minimum Gasteiger partial charge on any atom is -0.319 e. The lowest BCUT2D eigenvalue weighted by Crippen LogP contribution is -2.44. The van der Waals surface area contributed by atoms with E-state index in [1.807, 2.05) is 17.7 Å². The first-order valence-corrected chi connectivity index (χ1v) is 8.58. The first-order valence-electron chi connectivity index (χ1n) is 7.83. The number of carbonyl (C=O) groups is 1. The van der Waals surface area contributed by atoms with Crippen molar-refractivity contribution >= 4 is 34.8 Å². The number of hydrogen-bond donors (Lipinski definition) is 1. The molecule has 2 aromatic rings. The molecule has 1 aliphatic carbocycles. The van der Waals surface area contributed by atoms with E-state index in [4.69, 9.17) is 23.2 Å². The summed E-state index contributed by atoms with van der Waals surface area (Å²) in [6, 6.07) is 6.86. The monoisotopic (exact) mass is 349 g/mol. The molecule has 3 nitrogen and oxygen atoms in total. The van der Waals surface area contributed by atoms with Gasteiger partial charge >= 0.3 is 0 Å². The van der Waals surface area contributed by atoms with Crippen molar-refractivity contribution in [3.8, 4) is 0 Å². The highest BCUT2D eigenvalue weighted by atomic mass is 35.5. The lowest BCUT2D eigenvalue weighted by molar-refractivity contribution is -0.706. The van der Waals surface area contributed by atoms with Gasteiger partial charge in [-0.3, -0.25) is 4.79 Å². The number of carbonyl (C=O) groups excluding carboxylic acids is 1. The van der Waals surface area contributed by atoms with Crippen LogP contribution in [-0.2, 0) is 17.6 Å². The van der Waals surface area contributed by atoms with Crippen molar-refractivity contribution in [3.63, 3.8) is 0 Å². The molecule has 0 radical (unpaired) electrons. The predicted octanol–water partition coefficient (Wildman–Crippen LogP) is 4.36. The van der Waals surface area contributed by atoms with Crippen LogP contribution in [0.4, 0.5) is 5.69 Å². The lowest BCUT2D eigenvalue weighted by atomic mass is 9.93. The number of rotatable bonds is 3. The number of halogens is 2. The summed E-state index contributed by atoms with van der Waals surface area (Å²) in [5.74, 6) is -0.102. The van der Waals surface area contributed by atoms with Crippen molar-refractivity contribution < 1.29 is 9.36 Å². The summed E-state index contributed by atoms with van der Waals surface area (Å²) >= 11 is 12.0. The van der Waals surface area contributed by atoms with Gasteiger partial charge in [-0.2, -0.15) is 4.57 Å². The standard InChI is InChI=1S/C18H18Cl2N2O/c1-12(18(23)21-17-7-6-15(19)10-16(17)20)22-9-8-13-4-2-3-5-14(13)11-22/h6-12H,2-5H2,1H3/p+1/t12-/m1/s1. The number of pyridine rings is 1. The Bertz CT molecular complexity index is 746. The van der Waals surface area contributed by atoms with Gasteiger partial charge in [0.1, 0.15) is 0 Å². The largest absolute Gasteiger partial charge is 0.319 e. The van der Waals surface area contributed by atoms with Gasteiger partial charge in [-0.15, -0.1) is 0 Å². The minimum absolute atomic E-state index is 0.102. The number of hydrogen-bond acceptors (Lipinski definition) is 1. The van der Waals surface area contributed by atoms with Gasteiger partial charge in [-0.25, -0.2) is 0 Å². The van der Waals surface area contributed by atoms with E-state index in [0.29, 0.717) is 15.7 Å². The summed E-state index contributed by atoms with van der Waals surface area (Å²) in [4.78, 5) is 12.5. The van der Waals surface area contributed by atoms with Gasteiger partial charge < -0.3 is 5.32 Å². The molecule has 1 aromatic heterocycles. The molecule has 1 amide bonds. The SMILES string of the molecule is C[C@H](C(=O)Nc1ccc(Cl)cc1Cl)[n+]1ccc2c(c1)CCCC2. The van der Waals surface area contributed by atoms with Gasteiger partial charge in [-0.1, -0.05) is 23.2 Å². The Morgan fingerprint density at radius 3 is 2.65 bits per heavy atom. The van der Waals surface area contributed by atoms with Gasteiger partial charge in [0.2, 0.25) is 6.04 Å². The van der Waals surface area contributed by atoms with Crippen LogP contribution >= 0.6 is 23.2 Å². The summed E-state index contributed by atoms with van der Waals surface area (Å²) < 4.78 is 1.96. The first kappa shape index (κ1) is 16.3. The van der Waals surface area contributed by atoms with Crippen LogP contribution in [0.15, 0.2) is 36.7 Å². The molecule has 1 aliphatic rings. The lowest BCUT2D eigenvalue weighted by Gasteiger charge is -2.15. The fourth-order valence-corrected chi connectivity index (χ4v) is 3.35. The zero-order chi connectivity index (χ0) is 16.4. The van der Waals surface area contributed by atoms with Crippen molar-refractivity contribution in [1.82, 2.24) is 0 Å². The molecular formula is C18H19Cl2N2O+. The van der Waals surface area contributed by atoms with Gasteiger partial charge in [0.15, 0.2) is 12.4 Å². The Kier molecular flexibility index (Phi) is 4.88. The van der Waals surface area contributed by atoms with Crippen molar-refractivity contribution in [1.29, 1.82) is 0 Å². The van der Waals surface area contributed by atoms with E-state index in [0.717, 1.165) is 12.8 Å². The van der Waals surface area contributed by atoms with Crippen molar-refractivity contribution in [3.05, 3.63) is 57.8 Å². The van der Waals surface area contributed by atoms with Crippen LogP contribution in [0.1, 0.15) is 36.9 Å². The van der Waals surface area contributed by atoms with Crippen LogP contribution in [0.5, 0.6) is 0 Å². The zero-order valence-electron chi connectivity index (χ0n) is 13.0. The molecule has 23 heavy (non-hydrogen) atoms. The van der Waals surface area contributed by atoms with Crippen molar-refractivity contribution in [2.24, 2.45) is 0 Å². The highest BCUT2D eigenvalue weighted by Crippen LogP contribution is 2.26. The number of aromatic nitrogens is 1. The Hall–Kier alpha value is -1.58. The average molecular weight is 350 g/mol. The molecular weight excluding hydrogens is 331 g/mol. The van der Waals surface area contributed by atoms with E-state index in [9.17, 15) is 4.79 Å². The molecule has 0 fully saturated rings. The third kappa shape index (κ3) is 3.67. The normalized spacial score (nSPS) is 14.9. The molecule has 1 heterocycles. The van der Waals surface area contributed by atoms with Gasteiger partial charge in [0, 0.05) is 23.6 Å². The van der Waals surface area contributed by atoms with Crippen LogP contribution in [-0.4, -0.2) is 5.91 Å². The summed E-state index contributed by atoms with van der Waals surface area (Å²) in [5, 5.41) is 3.85. The number of amides is 1. The number of fused-ring (bicyclic) bond motifs is 1. The number of aryl methyl sites for hydroxylation is 2. The summed E-state index contributed by atoms with van der Waals surface area (Å²) in [7, 11) is 0. The molecule has 0 saturated heterocycles. The van der Waals surface area contributed by atoms with E-state index in [-0.39, 0.29) is 11.9 Å². The molecule has 5 heteroatoms. The van der Waals surface area contributed by atoms with Crippen LogP contribution in [0, 0.1) is 0 Å². The van der Waals surface area contributed by atoms with E-state index in [2.05, 4.69) is 17.6 Å². The molecule has 1 N–H and O–H groups in total. The molecule has 1 atom stereocenters. The maximum Gasteiger partial charge on any atom is 0.293 e. The Morgan fingerprint density at radius 1 is 1.17 bits per heavy atom. The van der Waals surface area contributed by atoms with Crippen molar-refractivity contribution in [2.45, 2.75) is 38.6 Å². The molecule has 3 rings (SSSR count). The number of nitrogens with one attached hydrogen (secondary N) is 1. The van der Waals surface area contributed by atoms with Crippen LogP contribution < -0.4 is 9.88 Å². The smallest absolute Gasteiger partial charge is 0.293 e. The average Bonchev–Trinajstić information content (AvgIpc) is 2.56. The number of anilines is 1. The fourth-order valence-electron chi connectivity index (χ4n) is 2.89. The highest BCUT2D eigenvalue weighted by molar-refractivity contribution is 6.36. The maximum absolute atomic E-state index is 12.5. The fraction of sp³-hybridized carbons (Fsp3) is 0.333. The van der Waals surface area contributed by atoms with Crippen molar-refractivity contribution in [2.75, 3.05) is 5.32 Å². The molecule has 0 unspecified atom stereocenters. The Morgan fingerprint density at radius 2 is 1.91 bits per heavy atom. The van der Waals surface area contributed by atoms with E-state index in [1.165, 1.54) is 24.0 Å². The Balaban J connectivity index is 1.77. The molecule has 0 bridgehead atoms. The summed E-state index contributed by atoms with van der Waals surface area (Å²) in [6.07, 6.45) is 8.78. The van der Waals surface area contributed by atoms with Crippen LogP contribution in [0.25, 0.3) is 0 Å². The van der Waals surface area contributed by atoms with Crippen LogP contribution in [0.2, 0.25) is 10.0 Å². The summed E-state index contributed by atoms with van der Waals surface area (Å²) in [5.41, 5.74) is 3.33. The maximum atomic E-state index is 12.5. The zero-order valence-corrected chi connectivity index (χ0v) is 14.5. The van der Waals surface area contributed by atoms with Gasteiger partial charge in [-0.05, 0) is 49.4 Å². The Labute approximate surface area is 146 Å². The van der Waals surface area contributed by atoms with E-state index < -0.39 is 0 Å². The van der Waals surface area contributed by atoms with Gasteiger partial charge in [0.25, 0.3) is 5.91 Å². The molecule has 120 valence electrons. The summed E-state index contributed by atoms with van der Waals surface area (Å²) in [6.45, 7) is 1.88. The quantitative estimate of drug-likeness (QED) is 0.820. The van der Waals surface area contributed by atoms with Gasteiger partial charge in [0.05, 0.1) is 10.7 Å². The number of benzene rings is 1. The molecule has 0 spiro atoms. The second-order valence-corrected chi connectivity index (χ2v) is 6.78. The predicted molar refractivity (Wildman–Crippen MR) is 93.1 cm³/mol. The van der Waals surface area contributed by atoms with E-state index in [1.54, 1.807) is 18.2 Å². The van der Waals surface area contributed by atoms with E-state index >= 15 is 0 Å². The molecule has 1 aromatic carbocycles.